The molecule has 0 unspecified atom stereocenters. The second-order valence-electron chi connectivity index (χ2n) is 5.47. The first kappa shape index (κ1) is 15.1. The average molecular weight is 311 g/mol. The third-order valence-electron chi connectivity index (χ3n) is 4.00. The first-order valence-corrected chi connectivity index (χ1v) is 7.38. The van der Waals surface area contributed by atoms with E-state index in [0.717, 1.165) is 17.7 Å². The van der Waals surface area contributed by atoms with E-state index in [4.69, 9.17) is 9.84 Å². The molecule has 2 aromatic carbocycles. The molecule has 0 saturated carbocycles. The lowest BCUT2D eigenvalue weighted by Gasteiger charge is -2.29. The first-order chi connectivity index (χ1) is 11.1. The van der Waals surface area contributed by atoms with Crippen molar-refractivity contribution < 1.29 is 19.4 Å². The van der Waals surface area contributed by atoms with E-state index in [0.29, 0.717) is 23.4 Å². The zero-order valence-corrected chi connectivity index (χ0v) is 12.8. The second kappa shape index (κ2) is 6.12. The number of carboxylic acid groups (broad SMARTS) is 1. The molecule has 0 bridgehead atoms. The van der Waals surface area contributed by atoms with Crippen LogP contribution < -0.4 is 9.64 Å². The Morgan fingerprint density at radius 1 is 1.22 bits per heavy atom. The van der Waals surface area contributed by atoms with Crippen molar-refractivity contribution >= 4 is 17.6 Å². The third-order valence-corrected chi connectivity index (χ3v) is 4.00. The monoisotopic (exact) mass is 311 g/mol. The highest BCUT2D eigenvalue weighted by atomic mass is 16.5. The summed E-state index contributed by atoms with van der Waals surface area (Å²) in [5.41, 5.74) is 3.17. The van der Waals surface area contributed by atoms with Gasteiger partial charge in [-0.3, -0.25) is 9.59 Å². The number of amides is 1. The standard InChI is InChI=1S/C18H17NO4/c1-23-15-7-4-13-8-9-19(18(22)16(13)11-15)14-5-2-12(3-6-14)10-17(20)21/h2-7,11H,8-10H2,1H3,(H,20,21). The zero-order valence-electron chi connectivity index (χ0n) is 12.8. The Kier molecular flexibility index (Phi) is 4.02. The highest BCUT2D eigenvalue weighted by molar-refractivity contribution is 6.08. The molecular formula is C18H17NO4. The Morgan fingerprint density at radius 2 is 1.96 bits per heavy atom. The number of carboxylic acids is 1. The number of hydrogen-bond acceptors (Lipinski definition) is 3. The van der Waals surface area contributed by atoms with E-state index >= 15 is 0 Å². The van der Waals surface area contributed by atoms with E-state index in [1.165, 1.54) is 0 Å². The fourth-order valence-corrected chi connectivity index (χ4v) is 2.79. The van der Waals surface area contributed by atoms with E-state index in [9.17, 15) is 9.59 Å². The lowest BCUT2D eigenvalue weighted by Crippen LogP contribution is -2.37. The normalized spacial score (nSPS) is 13.6. The molecular weight excluding hydrogens is 294 g/mol. The topological polar surface area (TPSA) is 66.8 Å². The van der Waals surface area contributed by atoms with Gasteiger partial charge in [0.2, 0.25) is 0 Å². The first-order valence-electron chi connectivity index (χ1n) is 7.38. The third kappa shape index (κ3) is 3.04. The molecule has 0 radical (unpaired) electrons. The molecule has 5 nitrogen and oxygen atoms in total. The van der Waals surface area contributed by atoms with Crippen molar-refractivity contribution in [2.75, 3.05) is 18.6 Å². The zero-order chi connectivity index (χ0) is 16.4. The number of carbonyl (C=O) groups excluding carboxylic acids is 1. The maximum Gasteiger partial charge on any atom is 0.307 e. The van der Waals surface area contributed by atoms with Gasteiger partial charge in [0.25, 0.3) is 5.91 Å². The minimum atomic E-state index is -0.868. The van der Waals surface area contributed by atoms with E-state index in [1.54, 1.807) is 42.3 Å². The maximum atomic E-state index is 12.7. The number of hydrogen-bond donors (Lipinski definition) is 1. The van der Waals surface area contributed by atoms with Crippen LogP contribution in [0.1, 0.15) is 21.5 Å². The van der Waals surface area contributed by atoms with Gasteiger partial charge >= 0.3 is 5.97 Å². The van der Waals surface area contributed by atoms with Gasteiger partial charge in [0, 0.05) is 17.8 Å². The Morgan fingerprint density at radius 3 is 2.61 bits per heavy atom. The number of anilines is 1. The SMILES string of the molecule is COc1ccc2c(c1)C(=O)N(c1ccc(CC(=O)O)cc1)CC2. The summed E-state index contributed by atoms with van der Waals surface area (Å²) in [5.74, 6) is -0.264. The molecule has 0 aliphatic carbocycles. The Balaban J connectivity index is 1.86. The summed E-state index contributed by atoms with van der Waals surface area (Å²) in [4.78, 5) is 25.2. The van der Waals surface area contributed by atoms with Crippen LogP contribution in [-0.2, 0) is 17.6 Å². The minimum Gasteiger partial charge on any atom is -0.497 e. The molecule has 1 heterocycles. The van der Waals surface area contributed by atoms with Crippen LogP contribution in [0.25, 0.3) is 0 Å². The molecule has 1 amide bonds. The molecule has 23 heavy (non-hydrogen) atoms. The molecule has 1 aliphatic heterocycles. The smallest absolute Gasteiger partial charge is 0.307 e. The number of ether oxygens (including phenoxy) is 1. The van der Waals surface area contributed by atoms with Gasteiger partial charge in [0.05, 0.1) is 13.5 Å². The number of aliphatic carboxylic acids is 1. The van der Waals surface area contributed by atoms with Crippen molar-refractivity contribution in [2.24, 2.45) is 0 Å². The van der Waals surface area contributed by atoms with Crippen molar-refractivity contribution in [3.8, 4) is 5.75 Å². The number of fused-ring (bicyclic) bond motifs is 1. The van der Waals surface area contributed by atoms with Crippen LogP contribution in [0.15, 0.2) is 42.5 Å². The van der Waals surface area contributed by atoms with Gasteiger partial charge in [-0.05, 0) is 41.8 Å². The molecule has 0 saturated heterocycles. The van der Waals surface area contributed by atoms with Crippen LogP contribution in [0, 0.1) is 0 Å². The van der Waals surface area contributed by atoms with Gasteiger partial charge in [-0.25, -0.2) is 0 Å². The lowest BCUT2D eigenvalue weighted by molar-refractivity contribution is -0.136. The average Bonchev–Trinajstić information content (AvgIpc) is 2.55. The van der Waals surface area contributed by atoms with Crippen LogP contribution in [0.4, 0.5) is 5.69 Å². The molecule has 3 rings (SSSR count). The van der Waals surface area contributed by atoms with Crippen molar-refractivity contribution in [2.45, 2.75) is 12.8 Å². The van der Waals surface area contributed by atoms with E-state index in [2.05, 4.69) is 0 Å². The van der Waals surface area contributed by atoms with Crippen molar-refractivity contribution in [1.29, 1.82) is 0 Å². The molecule has 5 heteroatoms. The summed E-state index contributed by atoms with van der Waals surface area (Å²) in [7, 11) is 1.58. The molecule has 0 fully saturated rings. The molecule has 0 aromatic heterocycles. The molecule has 1 N–H and O–H groups in total. The van der Waals surface area contributed by atoms with Crippen LogP contribution in [0.3, 0.4) is 0 Å². The molecule has 0 atom stereocenters. The summed E-state index contributed by atoms with van der Waals surface area (Å²) in [6.07, 6.45) is 0.760. The molecule has 2 aromatic rings. The molecule has 118 valence electrons. The van der Waals surface area contributed by atoms with Crippen molar-refractivity contribution in [3.05, 3.63) is 59.2 Å². The summed E-state index contributed by atoms with van der Waals surface area (Å²) < 4.78 is 5.20. The maximum absolute atomic E-state index is 12.7. The number of carbonyl (C=O) groups is 2. The highest BCUT2D eigenvalue weighted by Gasteiger charge is 2.25. The van der Waals surface area contributed by atoms with Crippen LogP contribution >= 0.6 is 0 Å². The van der Waals surface area contributed by atoms with Gasteiger partial charge in [-0.1, -0.05) is 18.2 Å². The summed E-state index contributed by atoms with van der Waals surface area (Å²) in [6, 6.07) is 12.6. The predicted molar refractivity (Wildman–Crippen MR) is 86.2 cm³/mol. The van der Waals surface area contributed by atoms with Gasteiger partial charge in [0.15, 0.2) is 0 Å². The van der Waals surface area contributed by atoms with Crippen molar-refractivity contribution in [1.82, 2.24) is 0 Å². The van der Waals surface area contributed by atoms with Gasteiger partial charge in [-0.2, -0.15) is 0 Å². The van der Waals surface area contributed by atoms with E-state index in [1.807, 2.05) is 12.1 Å². The Hall–Kier alpha value is -2.82. The largest absolute Gasteiger partial charge is 0.497 e. The summed E-state index contributed by atoms with van der Waals surface area (Å²) in [6.45, 7) is 0.608. The number of methoxy groups -OCH3 is 1. The van der Waals surface area contributed by atoms with Crippen LogP contribution in [0.2, 0.25) is 0 Å². The Labute approximate surface area is 134 Å². The number of nitrogens with zero attached hydrogens (tertiary/aromatic N) is 1. The van der Waals surface area contributed by atoms with E-state index in [-0.39, 0.29) is 12.3 Å². The van der Waals surface area contributed by atoms with Gasteiger partial charge < -0.3 is 14.7 Å². The Bertz CT molecular complexity index is 752. The van der Waals surface area contributed by atoms with Crippen LogP contribution in [0.5, 0.6) is 5.75 Å². The van der Waals surface area contributed by atoms with Gasteiger partial charge in [-0.15, -0.1) is 0 Å². The van der Waals surface area contributed by atoms with Gasteiger partial charge in [0.1, 0.15) is 5.75 Å². The molecule has 1 aliphatic rings. The van der Waals surface area contributed by atoms with Crippen LogP contribution in [-0.4, -0.2) is 30.6 Å². The molecule has 0 spiro atoms. The summed E-state index contributed by atoms with van der Waals surface area (Å²) in [5, 5.41) is 8.81. The minimum absolute atomic E-state index is 0.0196. The predicted octanol–water partition coefficient (Wildman–Crippen LogP) is 2.53. The van der Waals surface area contributed by atoms with E-state index < -0.39 is 5.97 Å². The number of rotatable bonds is 4. The second-order valence-corrected chi connectivity index (χ2v) is 5.47. The number of benzene rings is 2. The fourth-order valence-electron chi connectivity index (χ4n) is 2.79. The quantitative estimate of drug-likeness (QED) is 0.942. The highest BCUT2D eigenvalue weighted by Crippen LogP contribution is 2.27. The lowest BCUT2D eigenvalue weighted by atomic mass is 9.98. The van der Waals surface area contributed by atoms with Crippen molar-refractivity contribution in [3.63, 3.8) is 0 Å². The summed E-state index contributed by atoms with van der Waals surface area (Å²) >= 11 is 0. The fraction of sp³-hybridized carbons (Fsp3) is 0.222.